The van der Waals surface area contributed by atoms with Gasteiger partial charge in [0.25, 0.3) is 5.91 Å². The van der Waals surface area contributed by atoms with Crippen LogP contribution >= 0.6 is 27.5 Å². The standard InChI is InChI=1S/C17H15BrClN5O/c1-10-3-5-13(7-11(10)2)24-16(21-22-23-24)9-20-17(25)14-8-12(18)4-6-15(14)19/h3-8H,9H2,1-2H3,(H,20,25). The molecule has 0 fully saturated rings. The zero-order chi connectivity index (χ0) is 18.0. The van der Waals surface area contributed by atoms with Crippen molar-refractivity contribution in [2.75, 3.05) is 0 Å². The minimum Gasteiger partial charge on any atom is -0.345 e. The lowest BCUT2D eigenvalue weighted by Crippen LogP contribution is -2.25. The molecular formula is C17H15BrClN5O. The zero-order valence-corrected chi connectivity index (χ0v) is 16.0. The largest absolute Gasteiger partial charge is 0.345 e. The van der Waals surface area contributed by atoms with E-state index in [0.717, 1.165) is 15.7 Å². The van der Waals surface area contributed by atoms with Crippen LogP contribution in [0.3, 0.4) is 0 Å². The number of aromatic nitrogens is 4. The van der Waals surface area contributed by atoms with E-state index < -0.39 is 0 Å². The quantitative estimate of drug-likeness (QED) is 0.699. The lowest BCUT2D eigenvalue weighted by molar-refractivity contribution is 0.0949. The van der Waals surface area contributed by atoms with Crippen LogP contribution < -0.4 is 5.32 Å². The van der Waals surface area contributed by atoms with Gasteiger partial charge in [0.05, 0.1) is 22.8 Å². The van der Waals surface area contributed by atoms with Crippen LogP contribution in [0.4, 0.5) is 0 Å². The van der Waals surface area contributed by atoms with Crippen molar-refractivity contribution in [3.63, 3.8) is 0 Å². The van der Waals surface area contributed by atoms with Crippen LogP contribution in [0.5, 0.6) is 0 Å². The Bertz CT molecular complexity index is 941. The van der Waals surface area contributed by atoms with Crippen molar-refractivity contribution in [2.24, 2.45) is 0 Å². The van der Waals surface area contributed by atoms with Crippen molar-refractivity contribution in [1.29, 1.82) is 0 Å². The third kappa shape index (κ3) is 3.88. The van der Waals surface area contributed by atoms with E-state index in [9.17, 15) is 4.79 Å². The van der Waals surface area contributed by atoms with Crippen LogP contribution in [0.25, 0.3) is 5.69 Å². The molecule has 3 aromatic rings. The van der Waals surface area contributed by atoms with Crippen LogP contribution in [0.15, 0.2) is 40.9 Å². The Morgan fingerprint density at radius 1 is 1.20 bits per heavy atom. The second-order valence-electron chi connectivity index (χ2n) is 5.58. The molecular weight excluding hydrogens is 406 g/mol. The summed E-state index contributed by atoms with van der Waals surface area (Å²) in [6.45, 7) is 4.25. The molecule has 0 unspecified atom stereocenters. The molecule has 0 saturated heterocycles. The van der Waals surface area contributed by atoms with Crippen molar-refractivity contribution >= 4 is 33.4 Å². The van der Waals surface area contributed by atoms with Crippen LogP contribution in [0.2, 0.25) is 5.02 Å². The fraction of sp³-hybridized carbons (Fsp3) is 0.176. The lowest BCUT2D eigenvalue weighted by atomic mass is 10.1. The van der Waals surface area contributed by atoms with E-state index in [1.54, 1.807) is 22.9 Å². The van der Waals surface area contributed by atoms with E-state index in [0.29, 0.717) is 16.4 Å². The predicted octanol–water partition coefficient (Wildman–Crippen LogP) is 3.63. The molecule has 0 spiro atoms. The van der Waals surface area contributed by atoms with E-state index in [2.05, 4.69) is 36.8 Å². The van der Waals surface area contributed by atoms with Gasteiger partial charge >= 0.3 is 0 Å². The molecule has 8 heteroatoms. The number of rotatable bonds is 4. The predicted molar refractivity (Wildman–Crippen MR) is 99.0 cm³/mol. The van der Waals surface area contributed by atoms with Crippen molar-refractivity contribution in [3.8, 4) is 5.69 Å². The summed E-state index contributed by atoms with van der Waals surface area (Å²) in [5, 5.41) is 14.9. The summed E-state index contributed by atoms with van der Waals surface area (Å²) >= 11 is 9.42. The Balaban J connectivity index is 1.78. The summed E-state index contributed by atoms with van der Waals surface area (Å²) in [5.74, 6) is 0.239. The first-order valence-electron chi connectivity index (χ1n) is 7.54. The Morgan fingerprint density at radius 2 is 2.00 bits per heavy atom. The van der Waals surface area contributed by atoms with Gasteiger partial charge in [0.1, 0.15) is 0 Å². The highest BCUT2D eigenvalue weighted by Gasteiger charge is 2.14. The minimum atomic E-state index is -0.291. The van der Waals surface area contributed by atoms with Gasteiger partial charge in [-0.1, -0.05) is 33.6 Å². The third-order valence-corrected chi connectivity index (χ3v) is 4.67. The maximum atomic E-state index is 12.4. The second-order valence-corrected chi connectivity index (χ2v) is 6.91. The van der Waals surface area contributed by atoms with Crippen LogP contribution in [-0.2, 0) is 6.54 Å². The summed E-state index contributed by atoms with van der Waals surface area (Å²) in [6, 6.07) is 11.1. The molecule has 128 valence electrons. The first kappa shape index (κ1) is 17.6. The van der Waals surface area contributed by atoms with Gasteiger partial charge in [0, 0.05) is 4.47 Å². The number of hydrogen-bond donors (Lipinski definition) is 1. The number of carbonyl (C=O) groups excluding carboxylic acids is 1. The normalized spacial score (nSPS) is 10.7. The van der Waals surface area contributed by atoms with E-state index in [4.69, 9.17) is 11.6 Å². The monoisotopic (exact) mass is 419 g/mol. The SMILES string of the molecule is Cc1ccc(-n2nnnc2CNC(=O)c2cc(Br)ccc2Cl)cc1C. The highest BCUT2D eigenvalue weighted by molar-refractivity contribution is 9.10. The topological polar surface area (TPSA) is 72.7 Å². The lowest BCUT2D eigenvalue weighted by Gasteiger charge is -2.09. The summed E-state index contributed by atoms with van der Waals surface area (Å²) in [4.78, 5) is 12.4. The summed E-state index contributed by atoms with van der Waals surface area (Å²) in [7, 11) is 0. The Hall–Kier alpha value is -2.25. The van der Waals surface area contributed by atoms with Gasteiger partial charge in [-0.15, -0.1) is 5.10 Å². The molecule has 1 N–H and O–H groups in total. The number of carbonyl (C=O) groups is 1. The van der Waals surface area contributed by atoms with Gasteiger partial charge < -0.3 is 5.32 Å². The highest BCUT2D eigenvalue weighted by Crippen LogP contribution is 2.21. The smallest absolute Gasteiger partial charge is 0.253 e. The number of nitrogens with zero attached hydrogens (tertiary/aromatic N) is 4. The van der Waals surface area contributed by atoms with E-state index >= 15 is 0 Å². The molecule has 25 heavy (non-hydrogen) atoms. The average Bonchev–Trinajstić information content (AvgIpc) is 3.06. The molecule has 0 aliphatic carbocycles. The van der Waals surface area contributed by atoms with Crippen molar-refractivity contribution in [3.05, 3.63) is 68.4 Å². The van der Waals surface area contributed by atoms with Gasteiger partial charge in [-0.3, -0.25) is 4.79 Å². The summed E-state index contributed by atoms with van der Waals surface area (Å²) in [5.41, 5.74) is 3.57. The maximum Gasteiger partial charge on any atom is 0.253 e. The third-order valence-electron chi connectivity index (χ3n) is 3.85. The Morgan fingerprint density at radius 3 is 2.76 bits per heavy atom. The molecule has 1 amide bonds. The van der Waals surface area contributed by atoms with Gasteiger partial charge in [-0.05, 0) is 65.7 Å². The molecule has 0 aliphatic rings. The van der Waals surface area contributed by atoms with Gasteiger partial charge in [0.15, 0.2) is 5.82 Å². The fourth-order valence-electron chi connectivity index (χ4n) is 2.30. The molecule has 1 heterocycles. The first-order chi connectivity index (χ1) is 12.0. The molecule has 0 saturated carbocycles. The van der Waals surface area contributed by atoms with E-state index in [-0.39, 0.29) is 12.5 Å². The van der Waals surface area contributed by atoms with E-state index in [1.165, 1.54) is 5.56 Å². The zero-order valence-electron chi connectivity index (χ0n) is 13.6. The van der Waals surface area contributed by atoms with Crippen LogP contribution in [0, 0.1) is 13.8 Å². The maximum absolute atomic E-state index is 12.4. The van der Waals surface area contributed by atoms with Gasteiger partial charge in [0.2, 0.25) is 0 Å². The number of halogens is 2. The van der Waals surface area contributed by atoms with E-state index in [1.807, 2.05) is 32.0 Å². The molecule has 0 bridgehead atoms. The fourth-order valence-corrected chi connectivity index (χ4v) is 2.86. The van der Waals surface area contributed by atoms with Crippen LogP contribution in [-0.4, -0.2) is 26.1 Å². The number of nitrogens with one attached hydrogen (secondary N) is 1. The molecule has 6 nitrogen and oxygen atoms in total. The summed E-state index contributed by atoms with van der Waals surface area (Å²) < 4.78 is 2.39. The first-order valence-corrected chi connectivity index (χ1v) is 8.71. The average molecular weight is 421 g/mol. The number of hydrogen-bond acceptors (Lipinski definition) is 4. The number of aryl methyl sites for hydroxylation is 2. The highest BCUT2D eigenvalue weighted by atomic mass is 79.9. The number of amides is 1. The molecule has 0 aliphatic heterocycles. The molecule has 2 aromatic carbocycles. The Kier molecular flexibility index (Phi) is 5.15. The molecule has 3 rings (SSSR count). The van der Waals surface area contributed by atoms with Crippen molar-refractivity contribution in [2.45, 2.75) is 20.4 Å². The molecule has 1 aromatic heterocycles. The minimum absolute atomic E-state index is 0.182. The number of benzene rings is 2. The Labute approximate surface area is 158 Å². The van der Waals surface area contributed by atoms with Crippen LogP contribution in [0.1, 0.15) is 27.3 Å². The van der Waals surface area contributed by atoms with Crippen molar-refractivity contribution in [1.82, 2.24) is 25.5 Å². The molecule has 0 radical (unpaired) electrons. The van der Waals surface area contributed by atoms with Gasteiger partial charge in [-0.2, -0.15) is 4.68 Å². The van der Waals surface area contributed by atoms with Crippen molar-refractivity contribution < 1.29 is 4.79 Å². The number of tetrazole rings is 1. The second kappa shape index (κ2) is 7.33. The summed E-state index contributed by atoms with van der Waals surface area (Å²) in [6.07, 6.45) is 0. The molecule has 0 atom stereocenters. The van der Waals surface area contributed by atoms with Gasteiger partial charge in [-0.25, -0.2) is 0 Å².